The molecule has 4 aliphatic rings. The predicted molar refractivity (Wildman–Crippen MR) is 136 cm³/mol. The van der Waals surface area contributed by atoms with E-state index in [1.807, 2.05) is 4.90 Å². The average molecular weight is 528 g/mol. The highest BCUT2D eigenvalue weighted by molar-refractivity contribution is 6.24. The predicted octanol–water partition coefficient (Wildman–Crippen LogP) is 0.486. The molecular formula is C27H33N3O8. The van der Waals surface area contributed by atoms with Gasteiger partial charge in [0.25, 0.3) is 5.91 Å². The highest BCUT2D eigenvalue weighted by Gasteiger charge is 2.68. The normalized spacial score (nSPS) is 33.3. The number of fused-ring (bicyclic) bond motifs is 3. The molecule has 11 nitrogen and oxygen atoms in total. The maximum absolute atomic E-state index is 14.0. The van der Waals surface area contributed by atoms with Crippen molar-refractivity contribution >= 4 is 28.9 Å². The van der Waals surface area contributed by atoms with Crippen LogP contribution in [0, 0.1) is 11.8 Å². The minimum Gasteiger partial charge on any atom is -0.508 e. The molecule has 1 heterocycles. The largest absolute Gasteiger partial charge is 0.508 e. The van der Waals surface area contributed by atoms with Crippen LogP contribution in [0.5, 0.6) is 5.75 Å². The Morgan fingerprint density at radius 1 is 1.11 bits per heavy atom. The van der Waals surface area contributed by atoms with Gasteiger partial charge >= 0.3 is 0 Å². The summed E-state index contributed by atoms with van der Waals surface area (Å²) in [5, 5.41) is 57.1. The molecule has 204 valence electrons. The molecule has 11 heteroatoms. The van der Waals surface area contributed by atoms with Crippen LogP contribution in [0.3, 0.4) is 0 Å². The third-order valence-electron chi connectivity index (χ3n) is 8.80. The monoisotopic (exact) mass is 527 g/mol. The number of Topliss-reactive ketones (excluding diaryl/α,β-unsaturated/α-hetero) is 2. The van der Waals surface area contributed by atoms with Crippen LogP contribution < -0.4 is 10.6 Å². The molecule has 1 aromatic carbocycles. The molecule has 0 spiro atoms. The molecule has 38 heavy (non-hydrogen) atoms. The number of nitrogens with two attached hydrogens (primary N) is 1. The fraction of sp³-hybridized carbons (Fsp3) is 0.519. The van der Waals surface area contributed by atoms with Crippen molar-refractivity contribution in [3.8, 4) is 5.75 Å². The summed E-state index contributed by atoms with van der Waals surface area (Å²) in [4.78, 5) is 42.7. The summed E-state index contributed by atoms with van der Waals surface area (Å²) in [5.74, 6) is -8.77. The zero-order chi connectivity index (χ0) is 27.8. The number of carbonyl (C=O) groups excluding carboxylic acids is 3. The molecule has 0 aromatic heterocycles. The second kappa shape index (κ2) is 8.82. The smallest absolute Gasteiger partial charge is 0.255 e. The number of amides is 1. The molecule has 1 aliphatic heterocycles. The number of benzene rings is 1. The molecule has 2 fully saturated rings. The van der Waals surface area contributed by atoms with E-state index in [1.165, 1.54) is 19.0 Å². The van der Waals surface area contributed by atoms with Gasteiger partial charge in [0.05, 0.1) is 29.3 Å². The lowest BCUT2D eigenvalue weighted by molar-refractivity contribution is -0.169. The first-order chi connectivity index (χ1) is 17.8. The van der Waals surface area contributed by atoms with Gasteiger partial charge < -0.3 is 36.2 Å². The van der Waals surface area contributed by atoms with Crippen molar-refractivity contribution in [2.45, 2.75) is 49.9 Å². The number of rotatable bonds is 3. The number of phenols is 1. The first-order valence-corrected chi connectivity index (χ1v) is 12.8. The van der Waals surface area contributed by atoms with Gasteiger partial charge in [-0.2, -0.15) is 0 Å². The molecule has 0 radical (unpaired) electrons. The molecule has 5 rings (SSSR count). The maximum Gasteiger partial charge on any atom is 0.255 e. The summed E-state index contributed by atoms with van der Waals surface area (Å²) in [7, 11) is 2.95. The van der Waals surface area contributed by atoms with Crippen molar-refractivity contribution in [3.63, 3.8) is 0 Å². The SMILES string of the molecule is C[C@@H]1c2ccc(N3CCCCC3)c(O)c2C(O)=C2C(=O)[C@@]3(O)C(O)=C(C(N)=O)C(=O)[C@H](N(C)C)[C@H]3[C@H](O)[C@H]21. The van der Waals surface area contributed by atoms with E-state index in [1.54, 1.807) is 19.1 Å². The molecule has 1 saturated heterocycles. The van der Waals surface area contributed by atoms with Crippen molar-refractivity contribution in [3.05, 3.63) is 40.2 Å². The van der Waals surface area contributed by atoms with Gasteiger partial charge in [0, 0.05) is 24.6 Å². The molecule has 0 unspecified atom stereocenters. The molecule has 6 atom stereocenters. The second-order valence-corrected chi connectivity index (χ2v) is 11.0. The molecule has 1 saturated carbocycles. The van der Waals surface area contributed by atoms with Crippen molar-refractivity contribution in [2.24, 2.45) is 17.6 Å². The Bertz CT molecular complexity index is 1310. The third kappa shape index (κ3) is 3.28. The Hall–Kier alpha value is -3.41. The van der Waals surface area contributed by atoms with Gasteiger partial charge in [-0.15, -0.1) is 0 Å². The summed E-state index contributed by atoms with van der Waals surface area (Å²) in [5.41, 5.74) is 2.12. The topological polar surface area (TPSA) is 185 Å². The number of anilines is 1. The number of hydrogen-bond donors (Lipinski definition) is 6. The number of aliphatic hydroxyl groups excluding tert-OH is 3. The van der Waals surface area contributed by atoms with Crippen LogP contribution in [0.25, 0.3) is 5.76 Å². The van der Waals surface area contributed by atoms with Gasteiger partial charge in [0.1, 0.15) is 22.8 Å². The number of carbonyl (C=O) groups is 3. The number of likely N-dealkylation sites (N-methyl/N-ethyl adjacent to an activating group) is 1. The summed E-state index contributed by atoms with van der Waals surface area (Å²) in [6.07, 6.45) is 1.36. The van der Waals surface area contributed by atoms with Gasteiger partial charge in [0.15, 0.2) is 11.4 Å². The van der Waals surface area contributed by atoms with Gasteiger partial charge in [0.2, 0.25) is 5.78 Å². The van der Waals surface area contributed by atoms with E-state index in [9.17, 15) is 39.9 Å². The van der Waals surface area contributed by atoms with E-state index < -0.39 is 70.1 Å². The zero-order valence-electron chi connectivity index (χ0n) is 21.5. The molecule has 3 aliphatic carbocycles. The molecule has 7 N–H and O–H groups in total. The van der Waals surface area contributed by atoms with Gasteiger partial charge in [-0.3, -0.25) is 19.3 Å². The van der Waals surface area contributed by atoms with Crippen LogP contribution >= 0.6 is 0 Å². The lowest BCUT2D eigenvalue weighted by Gasteiger charge is -2.53. The number of piperidine rings is 1. The zero-order valence-corrected chi connectivity index (χ0v) is 21.5. The average Bonchev–Trinajstić information content (AvgIpc) is 2.86. The Kier molecular flexibility index (Phi) is 6.08. The molecular weight excluding hydrogens is 494 g/mol. The summed E-state index contributed by atoms with van der Waals surface area (Å²) >= 11 is 0. The summed E-state index contributed by atoms with van der Waals surface area (Å²) in [6.45, 7) is 3.15. The van der Waals surface area contributed by atoms with E-state index in [0.29, 0.717) is 11.3 Å². The van der Waals surface area contributed by atoms with Gasteiger partial charge in [-0.05, 0) is 50.9 Å². The van der Waals surface area contributed by atoms with E-state index in [2.05, 4.69) is 0 Å². The van der Waals surface area contributed by atoms with E-state index in [4.69, 9.17) is 5.73 Å². The number of primary amides is 1. The van der Waals surface area contributed by atoms with E-state index in [-0.39, 0.29) is 16.9 Å². The number of aliphatic hydroxyl groups is 4. The van der Waals surface area contributed by atoms with Crippen molar-refractivity contribution < 1.29 is 39.9 Å². The van der Waals surface area contributed by atoms with E-state index in [0.717, 1.165) is 32.4 Å². The Labute approximate surface area is 219 Å². The first-order valence-electron chi connectivity index (χ1n) is 12.8. The standard InChI is InChI=1S/C27H33N3O8/c1-11-12-7-8-13(30-9-5-4-6-10-30)20(31)15(12)21(32)16-14(11)22(33)18-19(29(2)3)23(34)17(26(28)37)25(36)27(18,38)24(16)35/h7-8,11,14,18-19,22,31-33,36,38H,4-6,9-10H2,1-3H3,(H2,28,37)/t11-,14+,18+,19-,22-,27-/m1/s1. The maximum atomic E-state index is 14.0. The fourth-order valence-electron chi connectivity index (χ4n) is 7.00. The Morgan fingerprint density at radius 3 is 2.32 bits per heavy atom. The highest BCUT2D eigenvalue weighted by atomic mass is 16.4. The molecule has 1 aromatic rings. The number of ketones is 2. The first kappa shape index (κ1) is 26.2. The minimum absolute atomic E-state index is 0.0177. The van der Waals surface area contributed by atoms with Crippen LogP contribution in [0.4, 0.5) is 5.69 Å². The minimum atomic E-state index is -2.91. The summed E-state index contributed by atoms with van der Waals surface area (Å²) < 4.78 is 0. The summed E-state index contributed by atoms with van der Waals surface area (Å²) in [6, 6.07) is 2.12. The lowest BCUT2D eigenvalue weighted by atomic mass is 9.54. The Morgan fingerprint density at radius 2 is 1.74 bits per heavy atom. The van der Waals surface area contributed by atoms with Gasteiger partial charge in [-0.1, -0.05) is 13.0 Å². The van der Waals surface area contributed by atoms with Crippen molar-refractivity contribution in [1.82, 2.24) is 4.90 Å². The van der Waals surface area contributed by atoms with Crippen LogP contribution in [-0.4, -0.2) is 92.8 Å². The van der Waals surface area contributed by atoms with Crippen molar-refractivity contribution in [2.75, 3.05) is 32.1 Å². The van der Waals surface area contributed by atoms with Crippen LogP contribution in [0.2, 0.25) is 0 Å². The quantitative estimate of drug-likeness (QED) is 0.302. The molecule has 0 bridgehead atoms. The Balaban J connectivity index is 1.75. The highest BCUT2D eigenvalue weighted by Crippen LogP contribution is 2.57. The van der Waals surface area contributed by atoms with Crippen LogP contribution in [0.15, 0.2) is 29.0 Å². The number of phenolic OH excluding ortho intramolecular Hbond substituents is 1. The lowest BCUT2D eigenvalue weighted by Crippen LogP contribution is -2.70. The van der Waals surface area contributed by atoms with Gasteiger partial charge in [-0.25, -0.2) is 0 Å². The van der Waals surface area contributed by atoms with E-state index >= 15 is 0 Å². The van der Waals surface area contributed by atoms with Crippen LogP contribution in [-0.2, 0) is 14.4 Å². The number of aromatic hydroxyl groups is 1. The van der Waals surface area contributed by atoms with Crippen molar-refractivity contribution in [1.29, 1.82) is 0 Å². The number of nitrogens with zero attached hydrogens (tertiary/aromatic N) is 2. The third-order valence-corrected chi connectivity index (χ3v) is 8.80. The second-order valence-electron chi connectivity index (χ2n) is 11.0. The molecule has 1 amide bonds. The number of hydrogen-bond acceptors (Lipinski definition) is 10. The fourth-order valence-corrected chi connectivity index (χ4v) is 7.00. The van der Waals surface area contributed by atoms with Crippen LogP contribution in [0.1, 0.15) is 43.2 Å².